The van der Waals surface area contributed by atoms with Crippen LogP contribution in [0.5, 0.6) is 0 Å². The number of hydrogen-bond donors (Lipinski definition) is 3. The van der Waals surface area contributed by atoms with Crippen molar-refractivity contribution < 1.29 is 9.52 Å². The molecule has 0 saturated heterocycles. The van der Waals surface area contributed by atoms with Gasteiger partial charge in [0, 0.05) is 19.5 Å². The Morgan fingerprint density at radius 1 is 1.35 bits per heavy atom. The Morgan fingerprint density at radius 2 is 2.17 bits per heavy atom. The van der Waals surface area contributed by atoms with Gasteiger partial charge in [0.2, 0.25) is 0 Å². The highest BCUT2D eigenvalue weighted by Gasteiger charge is 2.23. The minimum absolute atomic E-state index is 0.309. The summed E-state index contributed by atoms with van der Waals surface area (Å²) in [4.78, 5) is 4.53. The second-order valence-electron chi connectivity index (χ2n) is 5.63. The molecule has 0 spiro atoms. The number of nitrogens with zero attached hydrogens (tertiary/aromatic N) is 1. The highest BCUT2D eigenvalue weighted by Crippen LogP contribution is 2.23. The van der Waals surface area contributed by atoms with Gasteiger partial charge in [-0.3, -0.25) is 0 Å². The van der Waals surface area contributed by atoms with Gasteiger partial charge in [0.25, 0.3) is 0 Å². The van der Waals surface area contributed by atoms with E-state index < -0.39 is 5.60 Å². The van der Waals surface area contributed by atoms with Crippen LogP contribution in [0.4, 0.5) is 0 Å². The molecule has 0 aliphatic heterocycles. The molecule has 5 nitrogen and oxygen atoms in total. The summed E-state index contributed by atoms with van der Waals surface area (Å²) < 4.78 is 5.32. The maximum atomic E-state index is 10.6. The molecule has 0 radical (unpaired) electrons. The number of thiophene rings is 1. The monoisotopic (exact) mass is 335 g/mol. The van der Waals surface area contributed by atoms with Gasteiger partial charge in [0.15, 0.2) is 5.96 Å². The van der Waals surface area contributed by atoms with E-state index in [1.54, 1.807) is 24.5 Å². The zero-order valence-corrected chi connectivity index (χ0v) is 14.5. The molecule has 1 unspecified atom stereocenters. The predicted molar refractivity (Wildman–Crippen MR) is 94.9 cm³/mol. The Morgan fingerprint density at radius 3 is 2.83 bits per heavy atom. The first kappa shape index (κ1) is 17.6. The SMILES string of the molecule is CCCNC(=NCC(C)(O)c1ccsc1)NCCc1ccco1. The number of hydrogen-bond acceptors (Lipinski definition) is 4. The summed E-state index contributed by atoms with van der Waals surface area (Å²) in [5.41, 5.74) is -0.0568. The number of rotatable bonds is 8. The van der Waals surface area contributed by atoms with Crippen molar-refractivity contribution in [2.75, 3.05) is 19.6 Å². The molecule has 0 aliphatic carbocycles. The van der Waals surface area contributed by atoms with Gasteiger partial charge in [-0.05, 0) is 47.9 Å². The predicted octanol–water partition coefficient (Wildman–Crippen LogP) is 2.74. The van der Waals surface area contributed by atoms with Gasteiger partial charge < -0.3 is 20.2 Å². The van der Waals surface area contributed by atoms with E-state index in [1.165, 1.54) is 0 Å². The van der Waals surface area contributed by atoms with Gasteiger partial charge in [-0.25, -0.2) is 4.99 Å². The van der Waals surface area contributed by atoms with Crippen molar-refractivity contribution in [3.63, 3.8) is 0 Å². The zero-order valence-electron chi connectivity index (χ0n) is 13.7. The Hall–Kier alpha value is -1.79. The van der Waals surface area contributed by atoms with Gasteiger partial charge in [0.05, 0.1) is 12.8 Å². The molecule has 0 aliphatic rings. The van der Waals surface area contributed by atoms with Crippen LogP contribution in [-0.2, 0) is 12.0 Å². The average molecular weight is 335 g/mol. The molecule has 23 heavy (non-hydrogen) atoms. The fourth-order valence-electron chi connectivity index (χ4n) is 2.07. The molecular weight excluding hydrogens is 310 g/mol. The first-order chi connectivity index (χ1) is 11.1. The van der Waals surface area contributed by atoms with Crippen molar-refractivity contribution in [2.45, 2.75) is 32.3 Å². The summed E-state index contributed by atoms with van der Waals surface area (Å²) in [5, 5.41) is 21.0. The molecule has 0 fully saturated rings. The second-order valence-corrected chi connectivity index (χ2v) is 6.41. The number of aliphatic imine (C=N–C) groups is 1. The summed E-state index contributed by atoms with van der Waals surface area (Å²) in [5.74, 6) is 1.66. The summed E-state index contributed by atoms with van der Waals surface area (Å²) in [6.45, 7) is 5.77. The van der Waals surface area contributed by atoms with E-state index in [0.717, 1.165) is 37.3 Å². The molecule has 0 amide bonds. The minimum Gasteiger partial charge on any atom is -0.469 e. The van der Waals surface area contributed by atoms with E-state index in [9.17, 15) is 5.11 Å². The van der Waals surface area contributed by atoms with Crippen LogP contribution in [0.2, 0.25) is 0 Å². The van der Waals surface area contributed by atoms with Crippen LogP contribution in [0.1, 0.15) is 31.6 Å². The van der Waals surface area contributed by atoms with Gasteiger partial charge in [-0.15, -0.1) is 0 Å². The van der Waals surface area contributed by atoms with Crippen molar-refractivity contribution in [3.8, 4) is 0 Å². The number of furan rings is 1. The fourth-order valence-corrected chi connectivity index (χ4v) is 2.85. The summed E-state index contributed by atoms with van der Waals surface area (Å²) in [6, 6.07) is 5.78. The van der Waals surface area contributed by atoms with Gasteiger partial charge in [0.1, 0.15) is 11.4 Å². The molecule has 0 aromatic carbocycles. The summed E-state index contributed by atoms with van der Waals surface area (Å²) in [7, 11) is 0. The summed E-state index contributed by atoms with van der Waals surface area (Å²) >= 11 is 1.58. The lowest BCUT2D eigenvalue weighted by atomic mass is 10.00. The van der Waals surface area contributed by atoms with Crippen molar-refractivity contribution in [1.82, 2.24) is 10.6 Å². The average Bonchev–Trinajstić information content (AvgIpc) is 3.22. The third kappa shape index (κ3) is 5.73. The number of nitrogens with one attached hydrogen (secondary N) is 2. The molecule has 3 N–H and O–H groups in total. The van der Waals surface area contributed by atoms with E-state index >= 15 is 0 Å². The van der Waals surface area contributed by atoms with Crippen molar-refractivity contribution in [2.24, 2.45) is 4.99 Å². The van der Waals surface area contributed by atoms with Crippen molar-refractivity contribution in [3.05, 3.63) is 46.5 Å². The first-order valence-corrected chi connectivity index (χ1v) is 8.85. The number of aliphatic hydroxyl groups is 1. The lowest BCUT2D eigenvalue weighted by Gasteiger charge is -2.21. The maximum absolute atomic E-state index is 10.6. The highest BCUT2D eigenvalue weighted by atomic mass is 32.1. The van der Waals surface area contributed by atoms with Crippen molar-refractivity contribution in [1.29, 1.82) is 0 Å². The van der Waals surface area contributed by atoms with Crippen LogP contribution >= 0.6 is 11.3 Å². The molecule has 126 valence electrons. The largest absolute Gasteiger partial charge is 0.469 e. The molecule has 6 heteroatoms. The second kappa shape index (κ2) is 8.74. The summed E-state index contributed by atoms with van der Waals surface area (Å²) in [6.07, 6.45) is 3.48. The van der Waals surface area contributed by atoms with E-state index in [4.69, 9.17) is 4.42 Å². The van der Waals surface area contributed by atoms with E-state index in [2.05, 4.69) is 22.5 Å². The lowest BCUT2D eigenvalue weighted by molar-refractivity contribution is 0.0677. The van der Waals surface area contributed by atoms with Gasteiger partial charge in [-0.2, -0.15) is 11.3 Å². The van der Waals surface area contributed by atoms with Crippen LogP contribution in [0.15, 0.2) is 44.6 Å². The standard InChI is InChI=1S/C17H25N3O2S/c1-3-8-18-16(19-9-6-15-5-4-10-22-15)20-13-17(2,21)14-7-11-23-12-14/h4-5,7,10-12,21H,3,6,8-9,13H2,1-2H3,(H2,18,19,20). The lowest BCUT2D eigenvalue weighted by Crippen LogP contribution is -2.40. The maximum Gasteiger partial charge on any atom is 0.191 e. The van der Waals surface area contributed by atoms with E-state index in [0.29, 0.717) is 12.5 Å². The molecule has 2 heterocycles. The topological polar surface area (TPSA) is 69.8 Å². The zero-order chi connectivity index (χ0) is 16.5. The van der Waals surface area contributed by atoms with E-state index in [1.807, 2.05) is 29.0 Å². The molecule has 2 aromatic heterocycles. The van der Waals surface area contributed by atoms with Gasteiger partial charge >= 0.3 is 0 Å². The Bertz CT molecular complexity index is 577. The third-order valence-electron chi connectivity index (χ3n) is 3.47. The molecule has 0 bridgehead atoms. The Kier molecular flexibility index (Phi) is 6.67. The van der Waals surface area contributed by atoms with Crippen LogP contribution in [-0.4, -0.2) is 30.7 Å². The van der Waals surface area contributed by atoms with Crippen LogP contribution in [0.25, 0.3) is 0 Å². The molecule has 0 saturated carbocycles. The smallest absolute Gasteiger partial charge is 0.191 e. The quantitative estimate of drug-likeness (QED) is 0.512. The Labute approximate surface area is 141 Å². The highest BCUT2D eigenvalue weighted by molar-refractivity contribution is 7.08. The fraction of sp³-hybridized carbons (Fsp3) is 0.471. The molecular formula is C17H25N3O2S. The molecule has 1 atom stereocenters. The van der Waals surface area contributed by atoms with Crippen LogP contribution < -0.4 is 10.6 Å². The number of guanidine groups is 1. The van der Waals surface area contributed by atoms with E-state index in [-0.39, 0.29) is 0 Å². The first-order valence-electron chi connectivity index (χ1n) is 7.91. The van der Waals surface area contributed by atoms with Crippen LogP contribution in [0.3, 0.4) is 0 Å². The Balaban J connectivity index is 1.90. The van der Waals surface area contributed by atoms with Gasteiger partial charge in [-0.1, -0.05) is 6.92 Å². The molecule has 2 aromatic rings. The normalized spacial score (nSPS) is 14.5. The minimum atomic E-state index is -0.957. The van der Waals surface area contributed by atoms with Crippen LogP contribution in [0, 0.1) is 0 Å². The molecule has 2 rings (SSSR count). The third-order valence-corrected chi connectivity index (χ3v) is 4.16. The van der Waals surface area contributed by atoms with Crippen molar-refractivity contribution >= 4 is 17.3 Å².